The lowest BCUT2D eigenvalue weighted by Crippen LogP contribution is -2.40. The van der Waals surface area contributed by atoms with Gasteiger partial charge in [-0.3, -0.25) is 14.4 Å². The molecule has 3 N–H and O–H groups in total. The van der Waals surface area contributed by atoms with Crippen LogP contribution in [-0.2, 0) is 23.3 Å². The van der Waals surface area contributed by atoms with Gasteiger partial charge in [0.15, 0.2) is 5.82 Å². The number of benzene rings is 1. The minimum Gasteiger partial charge on any atom is -0.340 e. The van der Waals surface area contributed by atoms with Crippen molar-refractivity contribution in [3.05, 3.63) is 57.9 Å². The second-order valence-corrected chi connectivity index (χ2v) is 8.60. The molecule has 170 valence electrons. The van der Waals surface area contributed by atoms with Crippen molar-refractivity contribution in [2.45, 2.75) is 51.6 Å². The summed E-state index contributed by atoms with van der Waals surface area (Å²) in [5, 5.41) is 18.9. The molecule has 2 amide bonds. The third kappa shape index (κ3) is 3.49. The second kappa shape index (κ2) is 7.61. The fraction of sp³-hybridized carbons (Fsp3) is 0.364. The fourth-order valence-corrected chi connectivity index (χ4v) is 4.52. The van der Waals surface area contributed by atoms with Gasteiger partial charge in [0.1, 0.15) is 17.1 Å². The van der Waals surface area contributed by atoms with Crippen molar-refractivity contribution in [1.82, 2.24) is 30.5 Å². The van der Waals surface area contributed by atoms with Crippen LogP contribution in [0.1, 0.15) is 62.8 Å². The molecule has 0 unspecified atom stereocenters. The van der Waals surface area contributed by atoms with E-state index in [9.17, 15) is 18.8 Å². The number of aromatic nitrogens is 5. The number of carbonyl (C=O) groups is 3. The molecule has 0 radical (unpaired) electrons. The highest BCUT2D eigenvalue weighted by atomic mass is 19.1. The Morgan fingerprint density at radius 1 is 1.21 bits per heavy atom. The highest BCUT2D eigenvalue weighted by Crippen LogP contribution is 2.43. The summed E-state index contributed by atoms with van der Waals surface area (Å²) < 4.78 is 16.0. The SMILES string of the molecule is Cc1ccc(F)c(NC(=O)c2c(C)c(C(=O)C(=O)NC3(c4nnn[nH]4)CC3)c3n2CCC3)c1. The topological polar surface area (TPSA) is 135 Å². The van der Waals surface area contributed by atoms with Crippen LogP contribution in [0.2, 0.25) is 0 Å². The number of aryl methyl sites for hydroxylation is 1. The van der Waals surface area contributed by atoms with E-state index in [-0.39, 0.29) is 16.9 Å². The smallest absolute Gasteiger partial charge is 0.293 e. The van der Waals surface area contributed by atoms with Crippen LogP contribution in [0.5, 0.6) is 0 Å². The second-order valence-electron chi connectivity index (χ2n) is 8.60. The maximum absolute atomic E-state index is 14.2. The molecule has 0 bridgehead atoms. The van der Waals surface area contributed by atoms with Gasteiger partial charge < -0.3 is 15.2 Å². The first-order valence-corrected chi connectivity index (χ1v) is 10.7. The van der Waals surface area contributed by atoms with Gasteiger partial charge in [0.25, 0.3) is 17.6 Å². The molecule has 1 aliphatic heterocycles. The van der Waals surface area contributed by atoms with E-state index in [4.69, 9.17) is 0 Å². The number of rotatable bonds is 6. The van der Waals surface area contributed by atoms with Crippen LogP contribution in [0.4, 0.5) is 10.1 Å². The molecule has 3 heterocycles. The zero-order valence-electron chi connectivity index (χ0n) is 18.2. The van der Waals surface area contributed by atoms with Crippen LogP contribution in [0, 0.1) is 19.7 Å². The van der Waals surface area contributed by atoms with Gasteiger partial charge in [0.2, 0.25) is 0 Å². The average molecular weight is 451 g/mol. The monoisotopic (exact) mass is 451 g/mol. The number of hydrogen-bond donors (Lipinski definition) is 3. The predicted octanol–water partition coefficient (Wildman–Crippen LogP) is 1.94. The first-order valence-electron chi connectivity index (χ1n) is 10.7. The van der Waals surface area contributed by atoms with Gasteiger partial charge >= 0.3 is 0 Å². The van der Waals surface area contributed by atoms with Crippen molar-refractivity contribution in [1.29, 1.82) is 0 Å². The molecule has 11 heteroatoms. The number of hydrogen-bond acceptors (Lipinski definition) is 6. The fourth-order valence-electron chi connectivity index (χ4n) is 4.52. The highest BCUT2D eigenvalue weighted by molar-refractivity contribution is 6.44. The van der Waals surface area contributed by atoms with E-state index in [0.29, 0.717) is 42.9 Å². The van der Waals surface area contributed by atoms with E-state index in [0.717, 1.165) is 12.0 Å². The molecule has 2 aromatic heterocycles. The number of anilines is 1. The Bertz CT molecular complexity index is 1290. The average Bonchev–Trinajstić information content (AvgIpc) is 3.14. The van der Waals surface area contributed by atoms with E-state index in [1.807, 2.05) is 0 Å². The zero-order valence-corrected chi connectivity index (χ0v) is 18.2. The van der Waals surface area contributed by atoms with E-state index in [2.05, 4.69) is 31.3 Å². The Morgan fingerprint density at radius 3 is 2.70 bits per heavy atom. The summed E-state index contributed by atoms with van der Waals surface area (Å²) in [6, 6.07) is 4.45. The van der Waals surface area contributed by atoms with Crippen LogP contribution < -0.4 is 10.6 Å². The van der Waals surface area contributed by atoms with Crippen molar-refractivity contribution in [2.24, 2.45) is 0 Å². The Labute approximate surface area is 187 Å². The lowest BCUT2D eigenvalue weighted by Gasteiger charge is -2.13. The molecular formula is C22H22FN7O3. The maximum Gasteiger partial charge on any atom is 0.293 e. The Balaban J connectivity index is 1.44. The standard InChI is InChI=1S/C22H22FN7O3/c1-11-5-6-13(23)14(10-11)24-19(32)17-12(2)16(15-4-3-9-30(15)17)18(31)20(33)25-22(7-8-22)21-26-28-29-27-21/h5-6,10H,3-4,7-9H2,1-2H3,(H,24,32)(H,25,33)(H,26,27,28,29). The lowest BCUT2D eigenvalue weighted by atomic mass is 10.0. The maximum atomic E-state index is 14.2. The molecule has 5 rings (SSSR count). The molecule has 1 aliphatic carbocycles. The van der Waals surface area contributed by atoms with Crippen molar-refractivity contribution < 1.29 is 18.8 Å². The van der Waals surface area contributed by atoms with Gasteiger partial charge in [-0.1, -0.05) is 6.07 Å². The molecule has 10 nitrogen and oxygen atoms in total. The molecule has 1 aromatic carbocycles. The molecule has 0 spiro atoms. The van der Waals surface area contributed by atoms with Gasteiger partial charge in [-0.25, -0.2) is 9.49 Å². The molecule has 1 fully saturated rings. The molecule has 33 heavy (non-hydrogen) atoms. The lowest BCUT2D eigenvalue weighted by molar-refractivity contribution is -0.118. The Morgan fingerprint density at radius 2 is 2.00 bits per heavy atom. The van der Waals surface area contributed by atoms with Crippen molar-refractivity contribution in [3.63, 3.8) is 0 Å². The van der Waals surface area contributed by atoms with Crippen molar-refractivity contribution in [3.8, 4) is 0 Å². The number of ketones is 1. The number of Topliss-reactive ketones (excluding diaryl/α,β-unsaturated/α-hetero) is 1. The minimum atomic E-state index is -0.774. The largest absolute Gasteiger partial charge is 0.340 e. The molecule has 0 saturated heterocycles. The third-order valence-corrected chi connectivity index (χ3v) is 6.33. The molecule has 2 aliphatic rings. The first kappa shape index (κ1) is 21.0. The van der Waals surface area contributed by atoms with Gasteiger partial charge in [-0.05, 0) is 73.2 Å². The summed E-state index contributed by atoms with van der Waals surface area (Å²) in [6.07, 6.45) is 2.54. The summed E-state index contributed by atoms with van der Waals surface area (Å²) in [5.74, 6) is -2.15. The van der Waals surface area contributed by atoms with Crippen LogP contribution in [0.25, 0.3) is 0 Å². The number of fused-ring (bicyclic) bond motifs is 1. The molecule has 3 aromatic rings. The van der Waals surface area contributed by atoms with Gasteiger partial charge in [0.05, 0.1) is 11.3 Å². The summed E-state index contributed by atoms with van der Waals surface area (Å²) in [5.41, 5.74) is 1.64. The van der Waals surface area contributed by atoms with Gasteiger partial charge in [-0.2, -0.15) is 0 Å². The predicted molar refractivity (Wildman–Crippen MR) is 114 cm³/mol. The van der Waals surface area contributed by atoms with Crippen LogP contribution >= 0.6 is 0 Å². The number of aromatic amines is 1. The van der Waals surface area contributed by atoms with E-state index in [1.165, 1.54) is 6.07 Å². The number of nitrogens with zero attached hydrogens (tertiary/aromatic N) is 4. The van der Waals surface area contributed by atoms with Crippen molar-refractivity contribution >= 4 is 23.3 Å². The van der Waals surface area contributed by atoms with Crippen molar-refractivity contribution in [2.75, 3.05) is 5.32 Å². The number of H-pyrrole nitrogens is 1. The molecule has 0 atom stereocenters. The molecule has 1 saturated carbocycles. The normalized spacial score (nSPS) is 15.7. The van der Waals surface area contributed by atoms with Crippen LogP contribution in [-0.4, -0.2) is 42.8 Å². The van der Waals surface area contributed by atoms with E-state index >= 15 is 0 Å². The Hall–Kier alpha value is -3.89. The van der Waals surface area contributed by atoms with Gasteiger partial charge in [-0.15, -0.1) is 5.10 Å². The minimum absolute atomic E-state index is 0.0647. The number of carbonyl (C=O) groups excluding carboxylic acids is 3. The summed E-state index contributed by atoms with van der Waals surface area (Å²) in [6.45, 7) is 3.98. The van der Waals surface area contributed by atoms with E-state index < -0.39 is 29.0 Å². The highest BCUT2D eigenvalue weighted by Gasteiger charge is 2.50. The summed E-state index contributed by atoms with van der Waals surface area (Å²) in [4.78, 5) is 39.2. The summed E-state index contributed by atoms with van der Waals surface area (Å²) >= 11 is 0. The number of tetrazole rings is 1. The first-order chi connectivity index (χ1) is 15.8. The number of amides is 2. The van der Waals surface area contributed by atoms with E-state index in [1.54, 1.807) is 30.5 Å². The number of nitrogens with one attached hydrogen (secondary N) is 3. The number of halogens is 1. The summed E-state index contributed by atoms with van der Waals surface area (Å²) in [7, 11) is 0. The Kier molecular flexibility index (Phi) is 4.84. The quantitative estimate of drug-likeness (QED) is 0.387. The zero-order chi connectivity index (χ0) is 23.3. The van der Waals surface area contributed by atoms with Gasteiger partial charge in [0, 0.05) is 12.2 Å². The van der Waals surface area contributed by atoms with Crippen LogP contribution in [0.15, 0.2) is 18.2 Å². The third-order valence-electron chi connectivity index (χ3n) is 6.33. The molecular weight excluding hydrogens is 429 g/mol. The van der Waals surface area contributed by atoms with Crippen LogP contribution in [0.3, 0.4) is 0 Å².